The predicted octanol–water partition coefficient (Wildman–Crippen LogP) is 3.80. The second-order valence-electron chi connectivity index (χ2n) is 7.25. The van der Waals surface area contributed by atoms with Gasteiger partial charge in [-0.15, -0.1) is 0 Å². The molecule has 1 aliphatic rings. The van der Waals surface area contributed by atoms with Crippen molar-refractivity contribution in [3.8, 4) is 0 Å². The van der Waals surface area contributed by atoms with Gasteiger partial charge in [0.05, 0.1) is 0 Å². The third-order valence-electron chi connectivity index (χ3n) is 3.86. The van der Waals surface area contributed by atoms with Gasteiger partial charge in [-0.25, -0.2) is 4.79 Å². The lowest BCUT2D eigenvalue weighted by molar-refractivity contribution is 0.0507. The molecule has 1 N–H and O–H groups in total. The molecule has 1 rings (SSSR count). The van der Waals surface area contributed by atoms with Crippen molar-refractivity contribution < 1.29 is 9.53 Å². The number of ether oxygens (including phenoxy) is 1. The van der Waals surface area contributed by atoms with Crippen LogP contribution >= 0.6 is 0 Å². The van der Waals surface area contributed by atoms with Gasteiger partial charge in [-0.3, -0.25) is 0 Å². The van der Waals surface area contributed by atoms with Crippen LogP contribution in [0.5, 0.6) is 0 Å². The highest BCUT2D eigenvalue weighted by Gasteiger charge is 2.21. The van der Waals surface area contributed by atoms with E-state index in [1.807, 2.05) is 20.8 Å². The molecule has 0 aliphatic carbocycles. The third kappa shape index (κ3) is 8.97. The SMILES string of the molecule is CCCCCCN1CCCC(CNC(=O)OC(C)(C)C)C1. The highest BCUT2D eigenvalue weighted by atomic mass is 16.6. The lowest BCUT2D eigenvalue weighted by Crippen LogP contribution is -2.42. The molecule has 0 spiro atoms. The van der Waals surface area contributed by atoms with Crippen molar-refractivity contribution in [2.75, 3.05) is 26.2 Å². The van der Waals surface area contributed by atoms with Crippen molar-refractivity contribution >= 4 is 6.09 Å². The minimum absolute atomic E-state index is 0.289. The Bertz CT molecular complexity index is 300. The van der Waals surface area contributed by atoms with E-state index in [1.165, 1.54) is 51.6 Å². The average molecular weight is 298 g/mol. The zero-order valence-electron chi connectivity index (χ0n) is 14.4. The maximum Gasteiger partial charge on any atom is 0.407 e. The van der Waals surface area contributed by atoms with Gasteiger partial charge in [-0.2, -0.15) is 0 Å². The first-order chi connectivity index (χ1) is 9.90. The Balaban J connectivity index is 2.19. The largest absolute Gasteiger partial charge is 0.444 e. The minimum Gasteiger partial charge on any atom is -0.444 e. The molecule has 124 valence electrons. The van der Waals surface area contributed by atoms with Gasteiger partial charge in [0, 0.05) is 13.1 Å². The van der Waals surface area contributed by atoms with E-state index in [1.54, 1.807) is 0 Å². The van der Waals surface area contributed by atoms with Crippen LogP contribution in [0.3, 0.4) is 0 Å². The number of likely N-dealkylation sites (tertiary alicyclic amines) is 1. The molecule has 0 aromatic heterocycles. The van der Waals surface area contributed by atoms with E-state index in [2.05, 4.69) is 17.1 Å². The number of rotatable bonds is 7. The molecule has 0 aromatic carbocycles. The van der Waals surface area contributed by atoms with E-state index in [0.717, 1.165) is 13.1 Å². The van der Waals surface area contributed by atoms with Crippen molar-refractivity contribution in [2.24, 2.45) is 5.92 Å². The lowest BCUT2D eigenvalue weighted by Gasteiger charge is -2.33. The van der Waals surface area contributed by atoms with Crippen molar-refractivity contribution in [3.63, 3.8) is 0 Å². The smallest absolute Gasteiger partial charge is 0.407 e. The molecule has 0 aromatic rings. The normalized spacial score (nSPS) is 20.3. The first-order valence-electron chi connectivity index (χ1n) is 8.60. The molecule has 0 bridgehead atoms. The number of nitrogens with zero attached hydrogens (tertiary/aromatic N) is 1. The Morgan fingerprint density at radius 1 is 1.29 bits per heavy atom. The number of carbonyl (C=O) groups excluding carboxylic acids is 1. The zero-order valence-corrected chi connectivity index (χ0v) is 14.4. The van der Waals surface area contributed by atoms with Crippen LogP contribution in [-0.4, -0.2) is 42.8 Å². The summed E-state index contributed by atoms with van der Waals surface area (Å²) < 4.78 is 5.28. The molecular formula is C17H34N2O2. The summed E-state index contributed by atoms with van der Waals surface area (Å²) in [6.07, 6.45) is 7.45. The van der Waals surface area contributed by atoms with Crippen LogP contribution in [-0.2, 0) is 4.74 Å². The summed E-state index contributed by atoms with van der Waals surface area (Å²) in [7, 11) is 0. The summed E-state index contributed by atoms with van der Waals surface area (Å²) in [6.45, 7) is 12.2. The zero-order chi connectivity index (χ0) is 15.7. The van der Waals surface area contributed by atoms with Crippen LogP contribution in [0, 0.1) is 5.92 Å². The summed E-state index contributed by atoms with van der Waals surface area (Å²) in [5, 5.41) is 2.92. The van der Waals surface area contributed by atoms with Crippen molar-refractivity contribution in [1.29, 1.82) is 0 Å². The first-order valence-corrected chi connectivity index (χ1v) is 8.60. The summed E-state index contributed by atoms with van der Waals surface area (Å²) >= 11 is 0. The van der Waals surface area contributed by atoms with Gasteiger partial charge in [0.15, 0.2) is 0 Å². The molecule has 1 aliphatic heterocycles. The van der Waals surface area contributed by atoms with Crippen molar-refractivity contribution in [1.82, 2.24) is 10.2 Å². The number of hydrogen-bond donors (Lipinski definition) is 1. The van der Waals surface area contributed by atoms with E-state index < -0.39 is 5.60 Å². The average Bonchev–Trinajstić information content (AvgIpc) is 2.40. The molecule has 1 atom stereocenters. The monoisotopic (exact) mass is 298 g/mol. The Kier molecular flexibility index (Phi) is 8.09. The Hall–Kier alpha value is -0.770. The Labute approximate surface area is 130 Å². The first kappa shape index (κ1) is 18.3. The summed E-state index contributed by atoms with van der Waals surface area (Å²) in [4.78, 5) is 14.2. The number of alkyl carbamates (subject to hydrolysis) is 1. The molecule has 1 amide bonds. The van der Waals surface area contributed by atoms with Crippen LogP contribution in [0.2, 0.25) is 0 Å². The highest BCUT2D eigenvalue weighted by Crippen LogP contribution is 2.17. The minimum atomic E-state index is -0.415. The van der Waals surface area contributed by atoms with Crippen molar-refractivity contribution in [3.05, 3.63) is 0 Å². The second-order valence-corrected chi connectivity index (χ2v) is 7.25. The molecule has 4 heteroatoms. The van der Waals surface area contributed by atoms with Crippen molar-refractivity contribution in [2.45, 2.75) is 71.8 Å². The van der Waals surface area contributed by atoms with Crippen LogP contribution in [0.4, 0.5) is 4.79 Å². The molecule has 1 fully saturated rings. The van der Waals surface area contributed by atoms with Crippen LogP contribution < -0.4 is 5.32 Å². The summed E-state index contributed by atoms with van der Waals surface area (Å²) in [5.41, 5.74) is -0.415. The standard InChI is InChI=1S/C17H34N2O2/c1-5-6-7-8-11-19-12-9-10-15(14-19)13-18-16(20)21-17(2,3)4/h15H,5-14H2,1-4H3,(H,18,20). The van der Waals surface area contributed by atoms with Gasteiger partial charge in [0.25, 0.3) is 0 Å². The van der Waals surface area contributed by atoms with Gasteiger partial charge >= 0.3 is 6.09 Å². The Morgan fingerprint density at radius 2 is 2.05 bits per heavy atom. The predicted molar refractivity (Wildman–Crippen MR) is 87.5 cm³/mol. The molecule has 1 heterocycles. The number of hydrogen-bond acceptors (Lipinski definition) is 3. The molecule has 21 heavy (non-hydrogen) atoms. The van der Waals surface area contributed by atoms with Crippen LogP contribution in [0.15, 0.2) is 0 Å². The third-order valence-corrected chi connectivity index (χ3v) is 3.86. The van der Waals surface area contributed by atoms with E-state index >= 15 is 0 Å². The van der Waals surface area contributed by atoms with Gasteiger partial charge in [0.1, 0.15) is 5.60 Å². The van der Waals surface area contributed by atoms with Gasteiger partial charge in [-0.05, 0) is 59.0 Å². The molecule has 1 saturated heterocycles. The number of carbonyl (C=O) groups is 1. The number of amides is 1. The molecule has 0 saturated carbocycles. The van der Waals surface area contributed by atoms with Crippen LogP contribution in [0.25, 0.3) is 0 Å². The fourth-order valence-corrected chi connectivity index (χ4v) is 2.83. The van der Waals surface area contributed by atoms with E-state index in [0.29, 0.717) is 5.92 Å². The van der Waals surface area contributed by atoms with Crippen LogP contribution in [0.1, 0.15) is 66.2 Å². The fraction of sp³-hybridized carbons (Fsp3) is 0.941. The maximum atomic E-state index is 11.7. The van der Waals surface area contributed by atoms with E-state index in [4.69, 9.17) is 4.74 Å². The fourth-order valence-electron chi connectivity index (χ4n) is 2.83. The number of nitrogens with one attached hydrogen (secondary N) is 1. The van der Waals surface area contributed by atoms with E-state index in [9.17, 15) is 4.79 Å². The maximum absolute atomic E-state index is 11.7. The highest BCUT2D eigenvalue weighted by molar-refractivity contribution is 5.67. The lowest BCUT2D eigenvalue weighted by atomic mass is 9.97. The summed E-state index contributed by atoms with van der Waals surface area (Å²) in [5.74, 6) is 0.567. The van der Waals surface area contributed by atoms with Gasteiger partial charge in [0.2, 0.25) is 0 Å². The number of unbranched alkanes of at least 4 members (excludes halogenated alkanes) is 3. The molecule has 0 radical (unpaired) electrons. The van der Waals surface area contributed by atoms with Gasteiger partial charge < -0.3 is 15.0 Å². The number of piperidine rings is 1. The summed E-state index contributed by atoms with van der Waals surface area (Å²) in [6, 6.07) is 0. The van der Waals surface area contributed by atoms with Gasteiger partial charge in [-0.1, -0.05) is 26.2 Å². The topological polar surface area (TPSA) is 41.6 Å². The second kappa shape index (κ2) is 9.29. The molecular weight excluding hydrogens is 264 g/mol. The molecule has 4 nitrogen and oxygen atoms in total. The Morgan fingerprint density at radius 3 is 2.71 bits per heavy atom. The van der Waals surface area contributed by atoms with E-state index in [-0.39, 0.29) is 6.09 Å². The molecule has 1 unspecified atom stereocenters. The quantitative estimate of drug-likeness (QED) is 0.727.